The maximum absolute atomic E-state index is 14.0. The van der Waals surface area contributed by atoms with Crippen LogP contribution in [-0.2, 0) is 33.0 Å². The summed E-state index contributed by atoms with van der Waals surface area (Å²) >= 11 is 12.4. The Hall–Kier alpha value is -5.34. The van der Waals surface area contributed by atoms with E-state index in [0.717, 1.165) is 12.1 Å². The highest BCUT2D eigenvalue weighted by Gasteiger charge is 2.69. The molecule has 258 valence electrons. The van der Waals surface area contributed by atoms with Gasteiger partial charge in [-0.3, -0.25) is 0 Å². The summed E-state index contributed by atoms with van der Waals surface area (Å²) in [6, 6.07) is 18.1. The molecule has 16 heteroatoms. The van der Waals surface area contributed by atoms with Gasteiger partial charge >= 0.3 is 24.3 Å². The van der Waals surface area contributed by atoms with Crippen molar-refractivity contribution in [3.8, 4) is 0 Å². The van der Waals surface area contributed by atoms with Gasteiger partial charge in [0.1, 0.15) is 22.7 Å². The number of carboxylic acid groups (broad SMARTS) is 2. The van der Waals surface area contributed by atoms with E-state index in [9.17, 15) is 46.1 Å². The van der Waals surface area contributed by atoms with Crippen LogP contribution in [0.2, 0.25) is 10.0 Å². The number of benzene rings is 4. The van der Waals surface area contributed by atoms with Gasteiger partial charge in [-0.05, 0) is 60.7 Å². The van der Waals surface area contributed by atoms with Crippen LogP contribution in [-0.4, -0.2) is 22.2 Å². The fourth-order valence-electron chi connectivity index (χ4n) is 5.74. The second-order valence-electron chi connectivity index (χ2n) is 11.1. The predicted octanol–water partition coefficient (Wildman–Crippen LogP) is 10.0. The summed E-state index contributed by atoms with van der Waals surface area (Å²) in [4.78, 5) is 27.9. The van der Waals surface area contributed by atoms with Crippen LogP contribution in [0.4, 0.5) is 37.7 Å². The molecule has 4 aromatic carbocycles. The van der Waals surface area contributed by atoms with Crippen molar-refractivity contribution in [3.63, 3.8) is 0 Å². The highest BCUT2D eigenvalue weighted by atomic mass is 35.5. The quantitative estimate of drug-likeness (QED) is 0.108. The van der Waals surface area contributed by atoms with Crippen LogP contribution in [0.3, 0.4) is 0 Å². The Bertz CT molecular complexity index is 2170. The summed E-state index contributed by atoms with van der Waals surface area (Å²) < 4.78 is 96.0. The summed E-state index contributed by atoms with van der Waals surface area (Å²) in [6.45, 7) is 0. The van der Waals surface area contributed by atoms with E-state index in [1.165, 1.54) is 60.7 Å². The largest absolute Gasteiger partial charge is 0.479 e. The Morgan fingerprint density at radius 2 is 0.940 bits per heavy atom. The van der Waals surface area contributed by atoms with E-state index in [-0.39, 0.29) is 55.9 Å². The lowest BCUT2D eigenvalue weighted by atomic mass is 9.71. The molecule has 0 bridgehead atoms. The van der Waals surface area contributed by atoms with E-state index in [0.29, 0.717) is 0 Å². The first-order chi connectivity index (χ1) is 23.4. The van der Waals surface area contributed by atoms with E-state index >= 15 is 0 Å². The molecule has 0 saturated heterocycles. The summed E-state index contributed by atoms with van der Waals surface area (Å²) in [5.41, 5.74) is -11.4. The molecule has 0 amide bonds. The number of anilines is 2. The number of nitrogens with one attached hydrogen (secondary N) is 2. The Morgan fingerprint density at radius 1 is 0.560 bits per heavy atom. The van der Waals surface area contributed by atoms with Gasteiger partial charge in [-0.2, -0.15) is 26.3 Å². The van der Waals surface area contributed by atoms with Gasteiger partial charge in [-0.15, -0.1) is 0 Å². The number of furan rings is 2. The van der Waals surface area contributed by atoms with Gasteiger partial charge in [0.25, 0.3) is 0 Å². The highest BCUT2D eigenvalue weighted by molar-refractivity contribution is 6.35. The SMILES string of the molecule is O=C(O)C(Nc1cc(Cl)cc(Cl)c1)(c1cc2ccccc2o1)C(Nc1cc(C(F)(F)F)cc(C(F)(F)F)c1)(C(=O)O)c1cc2ccccc2o1. The van der Waals surface area contributed by atoms with Crippen molar-refractivity contribution in [2.24, 2.45) is 0 Å². The third-order valence-corrected chi connectivity index (χ3v) is 8.34. The zero-order valence-corrected chi connectivity index (χ0v) is 26.3. The lowest BCUT2D eigenvalue weighted by Gasteiger charge is -2.44. The van der Waals surface area contributed by atoms with Crippen LogP contribution >= 0.6 is 23.2 Å². The molecule has 6 rings (SSSR count). The first-order valence-electron chi connectivity index (χ1n) is 14.2. The van der Waals surface area contributed by atoms with Crippen LogP contribution in [0, 0.1) is 0 Å². The maximum atomic E-state index is 14.0. The molecule has 6 aromatic rings. The molecular weight excluding hydrogens is 717 g/mol. The molecule has 0 radical (unpaired) electrons. The number of rotatable bonds is 9. The first kappa shape index (κ1) is 34.5. The molecule has 2 heterocycles. The zero-order chi connectivity index (χ0) is 36.2. The van der Waals surface area contributed by atoms with Crippen molar-refractivity contribution in [2.45, 2.75) is 23.4 Å². The van der Waals surface area contributed by atoms with Crippen molar-refractivity contribution < 1.29 is 55.0 Å². The summed E-state index contributed by atoms with van der Waals surface area (Å²) in [6.07, 6.45) is -10.7. The number of halogens is 8. The molecule has 2 unspecified atom stereocenters. The van der Waals surface area contributed by atoms with E-state index in [1.54, 1.807) is 6.07 Å². The van der Waals surface area contributed by atoms with Crippen molar-refractivity contribution in [1.82, 2.24) is 0 Å². The predicted molar refractivity (Wildman–Crippen MR) is 171 cm³/mol. The number of para-hydroxylation sites is 2. The Labute approximate surface area is 286 Å². The third kappa shape index (κ3) is 5.94. The molecular formula is C34H20Cl2F6N2O6. The molecule has 0 aliphatic heterocycles. The minimum absolute atomic E-state index is 0.00430. The summed E-state index contributed by atoms with van der Waals surface area (Å²) in [7, 11) is 0. The van der Waals surface area contributed by atoms with E-state index in [1.807, 2.05) is 0 Å². The molecule has 8 nitrogen and oxygen atoms in total. The van der Waals surface area contributed by atoms with Gasteiger partial charge in [0, 0.05) is 32.2 Å². The molecule has 0 spiro atoms. The van der Waals surface area contributed by atoms with Crippen molar-refractivity contribution in [3.05, 3.63) is 130 Å². The smallest absolute Gasteiger partial charge is 0.416 e. The fraction of sp³-hybridized carbons (Fsp3) is 0.118. The van der Waals surface area contributed by atoms with Gasteiger partial charge in [-0.25, -0.2) is 9.59 Å². The van der Waals surface area contributed by atoms with Crippen LogP contribution in [0.1, 0.15) is 22.6 Å². The topological polar surface area (TPSA) is 125 Å². The number of carboxylic acids is 2. The number of hydrogen-bond acceptors (Lipinski definition) is 6. The Morgan fingerprint density at radius 3 is 1.30 bits per heavy atom. The number of fused-ring (bicyclic) bond motifs is 2. The number of carbonyl (C=O) groups is 2. The van der Waals surface area contributed by atoms with E-state index < -0.39 is 63.7 Å². The van der Waals surface area contributed by atoms with Crippen LogP contribution < -0.4 is 10.6 Å². The first-order valence-corrected chi connectivity index (χ1v) is 15.0. The van der Waals surface area contributed by atoms with Crippen LogP contribution in [0.5, 0.6) is 0 Å². The highest BCUT2D eigenvalue weighted by Crippen LogP contribution is 2.50. The van der Waals surface area contributed by atoms with E-state index in [2.05, 4.69) is 10.6 Å². The van der Waals surface area contributed by atoms with Crippen LogP contribution in [0.15, 0.2) is 106 Å². The van der Waals surface area contributed by atoms with E-state index in [4.69, 9.17) is 32.0 Å². The minimum atomic E-state index is -5.35. The Balaban J connectivity index is 1.78. The van der Waals surface area contributed by atoms with Gasteiger partial charge < -0.3 is 29.7 Å². The Kier molecular flexibility index (Phi) is 8.43. The van der Waals surface area contributed by atoms with Gasteiger partial charge in [0.15, 0.2) is 0 Å². The molecule has 50 heavy (non-hydrogen) atoms. The molecule has 0 fully saturated rings. The normalized spacial score (nSPS) is 14.6. The fourth-order valence-corrected chi connectivity index (χ4v) is 6.26. The maximum Gasteiger partial charge on any atom is 0.416 e. The molecule has 0 aliphatic carbocycles. The second kappa shape index (κ2) is 12.2. The lowest BCUT2D eigenvalue weighted by Crippen LogP contribution is -2.66. The average Bonchev–Trinajstić information content (AvgIpc) is 3.66. The van der Waals surface area contributed by atoms with Crippen molar-refractivity contribution in [1.29, 1.82) is 0 Å². The average molecular weight is 737 g/mol. The third-order valence-electron chi connectivity index (χ3n) is 7.91. The minimum Gasteiger partial charge on any atom is -0.479 e. The molecule has 0 aliphatic rings. The molecule has 0 saturated carbocycles. The van der Waals surface area contributed by atoms with Crippen LogP contribution in [0.25, 0.3) is 21.9 Å². The van der Waals surface area contributed by atoms with Gasteiger partial charge in [0.05, 0.1) is 11.1 Å². The van der Waals surface area contributed by atoms with Gasteiger partial charge in [-0.1, -0.05) is 59.6 Å². The second-order valence-corrected chi connectivity index (χ2v) is 12.0. The van der Waals surface area contributed by atoms with Gasteiger partial charge in [0.2, 0.25) is 11.1 Å². The summed E-state index contributed by atoms with van der Waals surface area (Å²) in [5.74, 6) is -5.54. The zero-order valence-electron chi connectivity index (χ0n) is 24.8. The number of aliphatic carboxylic acids is 2. The molecule has 2 atom stereocenters. The summed E-state index contributed by atoms with van der Waals surface area (Å²) in [5, 5.41) is 27.8. The standard InChI is InChI=1S/C34H20Cl2F6N2O6/c35-21-14-22(36)16-24(15-21)44-32(30(47)48,28-10-18-6-2-4-8-26(18)50-28)31(29(45)46,27-9-17-5-1-3-7-25(17)49-27)43-23-12-19(33(37,38)39)11-20(13-23)34(40,41)42/h1-16,43-44H,(H,45,46)(H,47,48). The lowest BCUT2D eigenvalue weighted by molar-refractivity contribution is -0.158. The monoisotopic (exact) mass is 736 g/mol. The molecule has 2 aromatic heterocycles. The number of hydrogen-bond donors (Lipinski definition) is 4. The number of alkyl halides is 6. The molecule has 4 N–H and O–H groups in total. The van der Waals surface area contributed by atoms with Crippen molar-refractivity contribution in [2.75, 3.05) is 10.6 Å². The van der Waals surface area contributed by atoms with Crippen molar-refractivity contribution >= 4 is 68.5 Å².